The number of nitrogens with one attached hydrogen (secondary N) is 1. The summed E-state index contributed by atoms with van der Waals surface area (Å²) in [5.41, 5.74) is 1.21. The molecule has 1 aliphatic rings. The van der Waals surface area contributed by atoms with E-state index in [4.69, 9.17) is 31.0 Å². The Morgan fingerprint density at radius 2 is 2.03 bits per heavy atom. The maximum atomic E-state index is 12.5. The molecule has 11 heteroatoms. The van der Waals surface area contributed by atoms with Crippen LogP contribution in [0.3, 0.4) is 0 Å². The monoisotopic (exact) mass is 439 g/mol. The number of ether oxygens (including phenoxy) is 3. The quantitative estimate of drug-likeness (QED) is 0.590. The van der Waals surface area contributed by atoms with Gasteiger partial charge in [0.15, 0.2) is 34.6 Å². The van der Waals surface area contributed by atoms with E-state index in [0.717, 1.165) is 5.56 Å². The summed E-state index contributed by atoms with van der Waals surface area (Å²) in [6, 6.07) is 10.1. The van der Waals surface area contributed by atoms with Crippen molar-refractivity contribution in [2.75, 3.05) is 25.8 Å². The van der Waals surface area contributed by atoms with Crippen LogP contribution >= 0.6 is 12.2 Å². The number of benzene rings is 2. The van der Waals surface area contributed by atoms with Crippen molar-refractivity contribution in [3.63, 3.8) is 0 Å². The fraction of sp³-hybridized carbons (Fsp3) is 0.263. The highest BCUT2D eigenvalue weighted by Gasteiger charge is 2.29. The minimum absolute atomic E-state index is 0.00482. The molecular formula is C19H16F3N3O4S. The molecule has 4 rings (SSSR count). The van der Waals surface area contributed by atoms with E-state index in [2.05, 4.69) is 10.5 Å². The molecule has 2 heterocycles. The first-order chi connectivity index (χ1) is 14.3. The lowest BCUT2D eigenvalue weighted by Crippen LogP contribution is -2.30. The van der Waals surface area contributed by atoms with Crippen molar-refractivity contribution in [3.8, 4) is 17.2 Å². The second-order valence-corrected chi connectivity index (χ2v) is 6.92. The summed E-state index contributed by atoms with van der Waals surface area (Å²) in [6.45, 7) is -0.784. The zero-order chi connectivity index (χ0) is 21.3. The molecule has 0 spiro atoms. The van der Waals surface area contributed by atoms with Gasteiger partial charge >= 0.3 is 6.18 Å². The lowest BCUT2D eigenvalue weighted by molar-refractivity contribution is -0.153. The van der Waals surface area contributed by atoms with Gasteiger partial charge in [-0.25, -0.2) is 0 Å². The molecule has 0 saturated carbocycles. The highest BCUT2D eigenvalue weighted by atomic mass is 32.1. The van der Waals surface area contributed by atoms with Crippen LogP contribution in [0.5, 0.6) is 17.2 Å². The van der Waals surface area contributed by atoms with E-state index < -0.39 is 12.8 Å². The fourth-order valence-corrected chi connectivity index (χ4v) is 3.07. The lowest BCUT2D eigenvalue weighted by atomic mass is 10.2. The minimum atomic E-state index is -4.47. The largest absolute Gasteiger partial charge is 0.483 e. The van der Waals surface area contributed by atoms with Crippen LogP contribution in [-0.2, 0) is 6.54 Å². The van der Waals surface area contributed by atoms with E-state index in [0.29, 0.717) is 23.2 Å². The predicted octanol–water partition coefficient (Wildman–Crippen LogP) is 4.33. The molecule has 0 saturated heterocycles. The smallest absolute Gasteiger partial charge is 0.422 e. The number of rotatable bonds is 5. The van der Waals surface area contributed by atoms with Crippen LogP contribution in [0, 0.1) is 0 Å². The van der Waals surface area contributed by atoms with Crippen LogP contribution in [0.2, 0.25) is 0 Å². The average Bonchev–Trinajstić information content (AvgIpc) is 3.32. The minimum Gasteiger partial charge on any atom is -0.483 e. The van der Waals surface area contributed by atoms with E-state index in [-0.39, 0.29) is 29.3 Å². The van der Waals surface area contributed by atoms with Crippen molar-refractivity contribution < 1.29 is 31.9 Å². The molecule has 0 bridgehead atoms. The Hall–Kier alpha value is -3.21. The second kappa shape index (κ2) is 7.90. The van der Waals surface area contributed by atoms with Gasteiger partial charge in [-0.15, -0.1) is 0 Å². The highest BCUT2D eigenvalue weighted by Crippen LogP contribution is 2.34. The molecule has 3 aromatic rings. The van der Waals surface area contributed by atoms with Gasteiger partial charge in [-0.05, 0) is 42.0 Å². The number of aromatic nitrogens is 1. The second-order valence-electron chi connectivity index (χ2n) is 6.54. The molecule has 0 atom stereocenters. The zero-order valence-corrected chi connectivity index (χ0v) is 16.5. The molecule has 30 heavy (non-hydrogen) atoms. The predicted molar refractivity (Wildman–Crippen MR) is 106 cm³/mol. The number of nitrogens with zero attached hydrogens (tertiary/aromatic N) is 2. The number of halogens is 3. The lowest BCUT2D eigenvalue weighted by Gasteiger charge is -2.20. The van der Waals surface area contributed by atoms with E-state index in [9.17, 15) is 13.2 Å². The summed E-state index contributed by atoms with van der Waals surface area (Å²) in [5.74, 6) is 1.51. The molecular weight excluding hydrogens is 423 g/mol. The van der Waals surface area contributed by atoms with Crippen LogP contribution in [0.15, 0.2) is 40.9 Å². The van der Waals surface area contributed by atoms with Crippen molar-refractivity contribution in [1.82, 2.24) is 10.1 Å². The van der Waals surface area contributed by atoms with Gasteiger partial charge in [0.25, 0.3) is 0 Å². The number of hydrogen-bond acceptors (Lipinski definition) is 6. The standard InChI is InChI=1S/C19H16F3N3O4S/c1-25(8-11-5-6-12-15(7-11)28-10-27-12)18(30)23-17-16-13(26-9-19(20,21)22)3-2-4-14(16)29-24-17/h2-7H,8-10H2,1H3,(H,23,24,30). The highest BCUT2D eigenvalue weighted by molar-refractivity contribution is 7.80. The third-order valence-electron chi connectivity index (χ3n) is 4.28. The van der Waals surface area contributed by atoms with Gasteiger partial charge in [0.1, 0.15) is 11.1 Å². The van der Waals surface area contributed by atoms with Crippen LogP contribution in [0.1, 0.15) is 5.56 Å². The molecule has 0 aliphatic carbocycles. The summed E-state index contributed by atoms with van der Waals surface area (Å²) >= 11 is 5.41. The topological polar surface area (TPSA) is 69.0 Å². The third-order valence-corrected chi connectivity index (χ3v) is 4.69. The van der Waals surface area contributed by atoms with Crippen molar-refractivity contribution in [2.45, 2.75) is 12.7 Å². The van der Waals surface area contributed by atoms with Gasteiger partial charge in [-0.2, -0.15) is 13.2 Å². The van der Waals surface area contributed by atoms with Crippen LogP contribution in [-0.4, -0.2) is 41.8 Å². The maximum Gasteiger partial charge on any atom is 0.422 e. The van der Waals surface area contributed by atoms with Crippen LogP contribution < -0.4 is 19.5 Å². The van der Waals surface area contributed by atoms with E-state index in [1.807, 2.05) is 18.2 Å². The Labute approximate surface area is 174 Å². The molecule has 0 unspecified atom stereocenters. The molecule has 0 amide bonds. The summed E-state index contributed by atoms with van der Waals surface area (Å²) in [4.78, 5) is 1.74. The zero-order valence-electron chi connectivity index (χ0n) is 15.7. The Morgan fingerprint density at radius 1 is 1.23 bits per heavy atom. The van der Waals surface area contributed by atoms with E-state index in [1.54, 1.807) is 18.0 Å². The number of alkyl halides is 3. The molecule has 7 nitrogen and oxygen atoms in total. The van der Waals surface area contributed by atoms with Crippen molar-refractivity contribution in [3.05, 3.63) is 42.0 Å². The van der Waals surface area contributed by atoms with E-state index >= 15 is 0 Å². The van der Waals surface area contributed by atoms with Crippen LogP contribution in [0.25, 0.3) is 11.0 Å². The van der Waals surface area contributed by atoms with E-state index in [1.165, 1.54) is 12.1 Å². The Balaban J connectivity index is 1.48. The summed E-state index contributed by atoms with van der Waals surface area (Å²) < 4.78 is 58.4. The molecule has 1 aliphatic heterocycles. The number of anilines is 1. The van der Waals surface area contributed by atoms with Gasteiger partial charge in [0.2, 0.25) is 6.79 Å². The third kappa shape index (κ3) is 4.35. The van der Waals surface area contributed by atoms with Crippen LogP contribution in [0.4, 0.5) is 19.0 Å². The Morgan fingerprint density at radius 3 is 2.83 bits per heavy atom. The van der Waals surface area contributed by atoms with Gasteiger partial charge in [0, 0.05) is 13.6 Å². The first-order valence-corrected chi connectivity index (χ1v) is 9.19. The van der Waals surface area contributed by atoms with Gasteiger partial charge in [-0.3, -0.25) is 0 Å². The SMILES string of the molecule is CN(Cc1ccc2c(c1)OCO2)C(=S)Nc1noc2cccc(OCC(F)(F)F)c12. The van der Waals surface area contributed by atoms with Gasteiger partial charge in [0.05, 0.1) is 0 Å². The first kappa shape index (κ1) is 20.1. The summed E-state index contributed by atoms with van der Waals surface area (Å²) in [7, 11) is 1.77. The molecule has 158 valence electrons. The van der Waals surface area contributed by atoms with Gasteiger partial charge in [-0.1, -0.05) is 17.3 Å². The van der Waals surface area contributed by atoms with Crippen molar-refractivity contribution in [2.24, 2.45) is 0 Å². The van der Waals surface area contributed by atoms with Crippen molar-refractivity contribution in [1.29, 1.82) is 0 Å². The van der Waals surface area contributed by atoms with Crippen molar-refractivity contribution >= 4 is 34.1 Å². The molecule has 0 radical (unpaired) electrons. The fourth-order valence-electron chi connectivity index (χ4n) is 2.91. The van der Waals surface area contributed by atoms with Gasteiger partial charge < -0.3 is 29.0 Å². The molecule has 2 aromatic carbocycles. The normalized spacial score (nSPS) is 12.8. The maximum absolute atomic E-state index is 12.5. The Bertz CT molecular complexity index is 1090. The number of hydrogen-bond donors (Lipinski definition) is 1. The molecule has 0 fully saturated rings. The summed E-state index contributed by atoms with van der Waals surface area (Å²) in [5, 5.41) is 7.37. The molecule has 1 N–H and O–H groups in total. The molecule has 1 aromatic heterocycles. The Kier molecular flexibility index (Phi) is 5.29. The first-order valence-electron chi connectivity index (χ1n) is 8.79. The number of fused-ring (bicyclic) bond motifs is 2. The average molecular weight is 439 g/mol. The number of thiocarbonyl (C=S) groups is 1. The summed E-state index contributed by atoms with van der Waals surface area (Å²) in [6.07, 6.45) is -4.47.